The Morgan fingerprint density at radius 3 is 2.43 bits per heavy atom. The molecule has 164 valence electrons. The fourth-order valence-electron chi connectivity index (χ4n) is 5.14. The van der Waals surface area contributed by atoms with Crippen LogP contribution in [0.2, 0.25) is 0 Å². The summed E-state index contributed by atoms with van der Waals surface area (Å²) in [6.07, 6.45) is 2.55. The molecule has 3 rings (SSSR count). The van der Waals surface area contributed by atoms with Crippen LogP contribution in [0.1, 0.15) is 57.3 Å². The summed E-state index contributed by atoms with van der Waals surface area (Å²) in [5.74, 6) is -0.100. The Morgan fingerprint density at radius 2 is 1.83 bits per heavy atom. The number of carbonyl (C=O) groups is 2. The van der Waals surface area contributed by atoms with Gasteiger partial charge in [-0.05, 0) is 50.0 Å². The normalized spacial score (nSPS) is 31.1. The van der Waals surface area contributed by atoms with Gasteiger partial charge in [-0.3, -0.25) is 4.79 Å². The highest BCUT2D eigenvalue weighted by atomic mass is 16.5. The van der Waals surface area contributed by atoms with Crippen LogP contribution in [0, 0.1) is 17.3 Å². The standard InChI is InChI=1S/C24H32O6/c1-14(2)24(27)10-9-23(4)20(25)12-15(3)11-19(21(23)24)30-22(26)16-7-8-17(28-5)18(13-16)29-6/h7-8,12-14,19,21,27H,9-11H2,1-6H3. The smallest absolute Gasteiger partial charge is 0.338 e. The third kappa shape index (κ3) is 3.62. The van der Waals surface area contributed by atoms with Crippen molar-refractivity contribution in [2.24, 2.45) is 17.3 Å². The number of methoxy groups -OCH3 is 2. The summed E-state index contributed by atoms with van der Waals surface area (Å²) in [5.41, 5.74) is -0.658. The number of esters is 1. The Bertz CT molecular complexity index is 872. The molecule has 30 heavy (non-hydrogen) atoms. The SMILES string of the molecule is COc1ccc(C(=O)OC2CC(C)=CC(=O)C3(C)CCC(O)(C(C)C)C23)cc1OC. The molecule has 2 aliphatic carbocycles. The Morgan fingerprint density at radius 1 is 1.17 bits per heavy atom. The van der Waals surface area contributed by atoms with Gasteiger partial charge in [-0.1, -0.05) is 26.3 Å². The van der Waals surface area contributed by atoms with Crippen molar-refractivity contribution >= 4 is 11.8 Å². The molecule has 1 saturated carbocycles. The first-order chi connectivity index (χ1) is 14.1. The zero-order chi connectivity index (χ0) is 22.3. The molecular weight excluding hydrogens is 384 g/mol. The van der Waals surface area contributed by atoms with E-state index in [4.69, 9.17) is 14.2 Å². The first kappa shape index (κ1) is 22.3. The van der Waals surface area contributed by atoms with Crippen molar-refractivity contribution in [3.8, 4) is 11.5 Å². The molecule has 1 aromatic rings. The maximum Gasteiger partial charge on any atom is 0.338 e. The fraction of sp³-hybridized carbons (Fsp3) is 0.583. The molecule has 4 atom stereocenters. The molecule has 1 N–H and O–H groups in total. The first-order valence-corrected chi connectivity index (χ1v) is 10.4. The van der Waals surface area contributed by atoms with E-state index in [1.807, 2.05) is 27.7 Å². The highest BCUT2D eigenvalue weighted by Gasteiger charge is 2.62. The van der Waals surface area contributed by atoms with Gasteiger partial charge in [0.2, 0.25) is 0 Å². The summed E-state index contributed by atoms with van der Waals surface area (Å²) in [7, 11) is 3.03. The minimum Gasteiger partial charge on any atom is -0.493 e. The molecule has 0 aromatic heterocycles. The van der Waals surface area contributed by atoms with Crippen LogP contribution in [-0.4, -0.2) is 42.8 Å². The third-order valence-corrected chi connectivity index (χ3v) is 6.98. The Kier molecular flexibility index (Phi) is 6.01. The zero-order valence-electron chi connectivity index (χ0n) is 18.7. The van der Waals surface area contributed by atoms with Crippen molar-refractivity contribution in [1.82, 2.24) is 0 Å². The second kappa shape index (κ2) is 8.06. The van der Waals surface area contributed by atoms with Gasteiger partial charge < -0.3 is 19.3 Å². The molecule has 6 heteroatoms. The van der Waals surface area contributed by atoms with E-state index in [-0.39, 0.29) is 11.7 Å². The lowest BCUT2D eigenvalue weighted by Crippen LogP contribution is -2.51. The largest absolute Gasteiger partial charge is 0.493 e. The molecule has 6 nitrogen and oxygen atoms in total. The molecule has 0 aliphatic heterocycles. The van der Waals surface area contributed by atoms with E-state index in [2.05, 4.69) is 0 Å². The fourth-order valence-corrected chi connectivity index (χ4v) is 5.14. The van der Waals surface area contributed by atoms with Gasteiger partial charge in [-0.2, -0.15) is 0 Å². The molecule has 1 aromatic carbocycles. The number of ether oxygens (including phenoxy) is 3. The van der Waals surface area contributed by atoms with Crippen molar-refractivity contribution in [3.63, 3.8) is 0 Å². The Balaban J connectivity index is 1.97. The van der Waals surface area contributed by atoms with Gasteiger partial charge in [0.1, 0.15) is 6.10 Å². The van der Waals surface area contributed by atoms with Crippen molar-refractivity contribution < 1.29 is 28.9 Å². The minimum absolute atomic E-state index is 0.00578. The van der Waals surface area contributed by atoms with Crippen molar-refractivity contribution in [1.29, 1.82) is 0 Å². The predicted octanol–water partition coefficient (Wildman–Crippen LogP) is 3.95. The maximum absolute atomic E-state index is 13.1. The van der Waals surface area contributed by atoms with E-state index < -0.39 is 29.0 Å². The van der Waals surface area contributed by atoms with Gasteiger partial charge in [0.15, 0.2) is 17.3 Å². The molecule has 0 bridgehead atoms. The predicted molar refractivity (Wildman–Crippen MR) is 113 cm³/mol. The monoisotopic (exact) mass is 416 g/mol. The number of hydrogen-bond acceptors (Lipinski definition) is 6. The molecule has 4 unspecified atom stereocenters. The molecule has 0 radical (unpaired) electrons. The second-order valence-electron chi connectivity index (χ2n) is 9.11. The summed E-state index contributed by atoms with van der Waals surface area (Å²) in [6.45, 7) is 7.67. The second-order valence-corrected chi connectivity index (χ2v) is 9.11. The van der Waals surface area contributed by atoms with E-state index in [0.717, 1.165) is 5.57 Å². The highest BCUT2D eigenvalue weighted by Crippen LogP contribution is 2.56. The zero-order valence-corrected chi connectivity index (χ0v) is 18.7. The van der Waals surface area contributed by atoms with Crippen LogP contribution in [0.25, 0.3) is 0 Å². The number of ketones is 1. The number of carbonyl (C=O) groups excluding carboxylic acids is 2. The van der Waals surface area contributed by atoms with Crippen LogP contribution in [0.4, 0.5) is 0 Å². The lowest BCUT2D eigenvalue weighted by Gasteiger charge is -2.42. The topological polar surface area (TPSA) is 82.1 Å². The number of rotatable bonds is 5. The summed E-state index contributed by atoms with van der Waals surface area (Å²) in [6, 6.07) is 4.85. The van der Waals surface area contributed by atoms with Gasteiger partial charge in [0, 0.05) is 17.8 Å². The minimum atomic E-state index is -1.08. The Labute approximate surface area is 178 Å². The van der Waals surface area contributed by atoms with Gasteiger partial charge >= 0.3 is 5.97 Å². The van der Waals surface area contributed by atoms with Crippen LogP contribution >= 0.6 is 0 Å². The quantitative estimate of drug-likeness (QED) is 0.732. The van der Waals surface area contributed by atoms with Crippen LogP contribution in [0.5, 0.6) is 11.5 Å². The van der Waals surface area contributed by atoms with Gasteiger partial charge in [-0.25, -0.2) is 4.79 Å². The summed E-state index contributed by atoms with van der Waals surface area (Å²) >= 11 is 0. The van der Waals surface area contributed by atoms with Gasteiger partial charge in [-0.15, -0.1) is 0 Å². The first-order valence-electron chi connectivity index (χ1n) is 10.4. The number of benzene rings is 1. The van der Waals surface area contributed by atoms with Crippen LogP contribution < -0.4 is 9.47 Å². The molecular formula is C24H32O6. The number of fused-ring (bicyclic) bond motifs is 1. The van der Waals surface area contributed by atoms with Gasteiger partial charge in [0.05, 0.1) is 25.4 Å². The summed E-state index contributed by atoms with van der Waals surface area (Å²) in [5, 5.41) is 11.6. The van der Waals surface area contributed by atoms with Crippen molar-refractivity contribution in [3.05, 3.63) is 35.4 Å². The van der Waals surface area contributed by atoms with E-state index in [0.29, 0.717) is 36.3 Å². The van der Waals surface area contributed by atoms with E-state index in [9.17, 15) is 14.7 Å². The molecule has 2 aliphatic rings. The van der Waals surface area contributed by atoms with Crippen molar-refractivity contribution in [2.45, 2.75) is 58.7 Å². The van der Waals surface area contributed by atoms with Gasteiger partial charge in [0.25, 0.3) is 0 Å². The molecule has 0 spiro atoms. The number of allylic oxidation sites excluding steroid dienone is 1. The molecule has 0 heterocycles. The highest BCUT2D eigenvalue weighted by molar-refractivity contribution is 5.96. The average molecular weight is 417 g/mol. The van der Waals surface area contributed by atoms with Crippen molar-refractivity contribution in [2.75, 3.05) is 14.2 Å². The summed E-state index contributed by atoms with van der Waals surface area (Å²) < 4.78 is 16.5. The van der Waals surface area contributed by atoms with E-state index in [1.54, 1.807) is 24.3 Å². The molecule has 0 saturated heterocycles. The Hall–Kier alpha value is -2.34. The van der Waals surface area contributed by atoms with Crippen LogP contribution in [0.3, 0.4) is 0 Å². The lowest BCUT2D eigenvalue weighted by molar-refractivity contribution is -0.140. The van der Waals surface area contributed by atoms with E-state index in [1.165, 1.54) is 14.2 Å². The number of aliphatic hydroxyl groups is 1. The van der Waals surface area contributed by atoms with E-state index >= 15 is 0 Å². The lowest BCUT2D eigenvalue weighted by atomic mass is 9.67. The number of hydrogen-bond donors (Lipinski definition) is 1. The molecule has 1 fully saturated rings. The van der Waals surface area contributed by atoms with Crippen LogP contribution in [-0.2, 0) is 9.53 Å². The maximum atomic E-state index is 13.1. The molecule has 0 amide bonds. The third-order valence-electron chi connectivity index (χ3n) is 6.98. The van der Waals surface area contributed by atoms with Crippen LogP contribution in [0.15, 0.2) is 29.8 Å². The average Bonchev–Trinajstić information content (AvgIpc) is 2.95. The summed E-state index contributed by atoms with van der Waals surface area (Å²) in [4.78, 5) is 26.1.